The second-order valence-electron chi connectivity index (χ2n) is 6.65. The maximum Gasteiger partial charge on any atom is 0.349 e. The van der Waals surface area contributed by atoms with Crippen molar-refractivity contribution in [2.24, 2.45) is 0 Å². The van der Waals surface area contributed by atoms with E-state index in [1.807, 2.05) is 0 Å². The number of morpholine rings is 1. The van der Waals surface area contributed by atoms with Crippen molar-refractivity contribution in [3.63, 3.8) is 0 Å². The van der Waals surface area contributed by atoms with Gasteiger partial charge in [-0.1, -0.05) is 12.1 Å². The predicted molar refractivity (Wildman–Crippen MR) is 99.1 cm³/mol. The van der Waals surface area contributed by atoms with E-state index in [4.69, 9.17) is 20.4 Å². The SMILES string of the molecule is [2H]C1([2H])C(OC(=O)C(O)(c2cccs2)c2cccs2)C([2H])([2H])C2([2H])C3([2H])OC3([2H])C1([2H])[N+]2(C)C. The summed E-state index contributed by atoms with van der Waals surface area (Å²) in [7, 11) is 2.42. The number of ether oxygens (including phenoxy) is 2. The largest absolute Gasteiger partial charge is 0.459 e. The van der Waals surface area contributed by atoms with Crippen LogP contribution in [0, 0.1) is 0 Å². The summed E-state index contributed by atoms with van der Waals surface area (Å²) in [6, 6.07) is 0.757. The summed E-state index contributed by atoms with van der Waals surface area (Å²) in [5.41, 5.74) is -2.38. The summed E-state index contributed by atoms with van der Waals surface area (Å²) in [6.45, 7) is 0. The van der Waals surface area contributed by atoms with Gasteiger partial charge in [0.1, 0.15) is 30.3 Å². The molecule has 2 aromatic rings. The molecule has 3 saturated heterocycles. The van der Waals surface area contributed by atoms with Crippen LogP contribution in [0.5, 0.6) is 0 Å². The smallest absolute Gasteiger partial charge is 0.349 e. The topological polar surface area (TPSA) is 59.1 Å². The van der Waals surface area contributed by atoms with Gasteiger partial charge in [-0.3, -0.25) is 0 Å². The first-order valence-electron chi connectivity index (χ1n) is 12.0. The predicted octanol–water partition coefficient (Wildman–Crippen LogP) is 2.35. The number of hydrogen-bond acceptors (Lipinski definition) is 6. The Morgan fingerprint density at radius 3 is 2.27 bits per heavy atom. The molecule has 3 aliphatic heterocycles. The summed E-state index contributed by atoms with van der Waals surface area (Å²) in [6.07, 6.45) is -13.7. The van der Waals surface area contributed by atoms with E-state index in [-0.39, 0.29) is 9.75 Å². The van der Waals surface area contributed by atoms with Crippen LogP contribution in [0.15, 0.2) is 35.0 Å². The molecule has 138 valence electrons. The van der Waals surface area contributed by atoms with Gasteiger partial charge in [0.2, 0.25) is 5.60 Å². The van der Waals surface area contributed by atoms with Gasteiger partial charge in [0.25, 0.3) is 0 Å². The summed E-state index contributed by atoms with van der Waals surface area (Å²) in [5.74, 6) is -1.37. The van der Waals surface area contributed by atoms with Crippen LogP contribution in [-0.2, 0) is 19.9 Å². The first-order chi connectivity index (χ1) is 15.4. The number of quaternary nitrogens is 1. The molecule has 2 bridgehead atoms. The number of carbonyl (C=O) groups is 1. The number of thiophene rings is 2. The molecule has 0 spiro atoms. The van der Waals surface area contributed by atoms with E-state index in [0.717, 1.165) is 22.7 Å². The van der Waals surface area contributed by atoms with E-state index in [0.29, 0.717) is 0 Å². The van der Waals surface area contributed by atoms with Crippen LogP contribution in [0.2, 0.25) is 0 Å². The number of carbonyl (C=O) groups excluding carboxylic acids is 1. The van der Waals surface area contributed by atoms with Crippen LogP contribution in [0.1, 0.15) is 33.5 Å². The first kappa shape index (κ1) is 10.3. The average molecular weight is 401 g/mol. The van der Waals surface area contributed by atoms with Gasteiger partial charge >= 0.3 is 5.97 Å². The van der Waals surface area contributed by atoms with E-state index in [1.165, 1.54) is 26.2 Å². The van der Waals surface area contributed by atoms with Crippen LogP contribution < -0.4 is 0 Å². The Labute approximate surface area is 171 Å². The standard InChI is InChI=1S/C19H22NO4S2/c1-20(2)12-9-11(10-13(20)17-16(12)24-17)23-18(21)19(22,14-5-3-7-25-14)15-6-4-8-26-15/h3-8,11-13,16-17,22H,9-10H2,1-2H3/q+1/i9D2,10D2,12D,13D,16D,17D. The Balaban J connectivity index is 1.66. The molecule has 5 rings (SSSR count). The van der Waals surface area contributed by atoms with E-state index < -0.39 is 59.1 Å². The van der Waals surface area contributed by atoms with Crippen molar-refractivity contribution < 1.29 is 34.8 Å². The molecule has 0 saturated carbocycles. The van der Waals surface area contributed by atoms with Crippen molar-refractivity contribution in [3.8, 4) is 0 Å². The molecule has 0 radical (unpaired) electrons. The molecule has 5 heterocycles. The number of fused-ring (bicyclic) bond motifs is 5. The monoisotopic (exact) mass is 400 g/mol. The highest BCUT2D eigenvalue weighted by Crippen LogP contribution is 2.52. The average Bonchev–Trinajstić information content (AvgIpc) is 3.26. The minimum Gasteiger partial charge on any atom is -0.459 e. The number of epoxide rings is 1. The second kappa shape index (κ2) is 5.62. The van der Waals surface area contributed by atoms with Gasteiger partial charge < -0.3 is 19.1 Å². The number of likely N-dealkylation sites (N-methyl/N-ethyl adjacent to an activating group) is 1. The number of aliphatic hydroxyl groups is 1. The molecule has 0 amide bonds. The third-order valence-corrected chi connectivity index (χ3v) is 6.69. The maximum atomic E-state index is 13.5. The number of esters is 1. The molecule has 4 atom stereocenters. The highest BCUT2D eigenvalue weighted by atomic mass is 32.1. The highest BCUT2D eigenvalue weighted by molar-refractivity contribution is 7.12. The summed E-state index contributed by atoms with van der Waals surface area (Å²) < 4.78 is 79.9. The van der Waals surface area contributed by atoms with Gasteiger partial charge in [0, 0.05) is 18.2 Å². The highest BCUT2D eigenvalue weighted by Gasteiger charge is 2.71. The minimum atomic E-state index is -3.09. The lowest BCUT2D eigenvalue weighted by Crippen LogP contribution is -2.60. The zero-order valence-corrected chi connectivity index (χ0v) is 15.6. The van der Waals surface area contributed by atoms with Crippen LogP contribution >= 0.6 is 22.7 Å². The molecule has 2 aromatic heterocycles. The zero-order valence-electron chi connectivity index (χ0n) is 22.0. The lowest BCUT2D eigenvalue weighted by Gasteiger charge is -2.45. The van der Waals surface area contributed by atoms with Gasteiger partial charge in [-0.25, -0.2) is 4.79 Å². The Kier molecular flexibility index (Phi) is 2.24. The van der Waals surface area contributed by atoms with Gasteiger partial charge in [-0.05, 0) is 22.9 Å². The number of nitrogens with zero attached hydrogens (tertiary/aromatic N) is 1. The fourth-order valence-electron chi connectivity index (χ4n) is 3.29. The summed E-state index contributed by atoms with van der Waals surface area (Å²) in [5, 5.41) is 14.8. The molecule has 7 heteroatoms. The normalized spacial score (nSPS) is 54.0. The quantitative estimate of drug-likeness (QED) is 0.486. The van der Waals surface area contributed by atoms with Crippen molar-refractivity contribution in [2.45, 2.75) is 48.6 Å². The molecule has 3 fully saturated rings. The molecule has 26 heavy (non-hydrogen) atoms. The molecule has 5 nitrogen and oxygen atoms in total. The number of rotatable bonds is 4. The lowest BCUT2D eigenvalue weighted by atomic mass is 9.95. The fraction of sp³-hybridized carbons (Fsp3) is 0.526. The minimum absolute atomic E-state index is 0.164. The Hall–Kier alpha value is -1.25. The van der Waals surface area contributed by atoms with Gasteiger partial charge in [-0.15, -0.1) is 22.7 Å². The van der Waals surface area contributed by atoms with Gasteiger partial charge in [-0.2, -0.15) is 0 Å². The zero-order chi connectivity index (χ0) is 25.4. The molecule has 0 aliphatic carbocycles. The van der Waals surface area contributed by atoms with Crippen LogP contribution in [0.4, 0.5) is 0 Å². The van der Waals surface area contributed by atoms with Crippen molar-refractivity contribution in [3.05, 3.63) is 44.8 Å². The maximum absolute atomic E-state index is 13.5. The van der Waals surface area contributed by atoms with Crippen molar-refractivity contribution in [1.29, 1.82) is 0 Å². The summed E-state index contributed by atoms with van der Waals surface area (Å²) >= 11 is 2.09. The molecule has 0 aromatic carbocycles. The lowest BCUT2D eigenvalue weighted by molar-refractivity contribution is -0.938. The first-order valence-corrected chi connectivity index (χ1v) is 9.74. The Morgan fingerprint density at radius 1 is 1.27 bits per heavy atom. The molecule has 3 aliphatic rings. The van der Waals surface area contributed by atoms with E-state index in [1.54, 1.807) is 22.9 Å². The fourth-order valence-corrected chi connectivity index (χ4v) is 5.00. The van der Waals surface area contributed by atoms with Crippen molar-refractivity contribution in [2.75, 3.05) is 14.1 Å². The van der Waals surface area contributed by atoms with Crippen LogP contribution in [0.25, 0.3) is 0 Å². The van der Waals surface area contributed by atoms with E-state index in [2.05, 4.69) is 0 Å². The number of hydrogen-bond donors (Lipinski definition) is 1. The van der Waals surface area contributed by atoms with Crippen molar-refractivity contribution in [1.82, 2.24) is 0 Å². The van der Waals surface area contributed by atoms with E-state index >= 15 is 0 Å². The van der Waals surface area contributed by atoms with Crippen LogP contribution in [-0.4, -0.2) is 60.0 Å². The molecule has 4 unspecified atom stereocenters. The van der Waals surface area contributed by atoms with Gasteiger partial charge in [0.05, 0.1) is 29.3 Å². The van der Waals surface area contributed by atoms with Crippen LogP contribution in [0.3, 0.4) is 0 Å². The molecular formula is C19H22NO4S2+. The van der Waals surface area contributed by atoms with Crippen molar-refractivity contribution >= 4 is 28.6 Å². The van der Waals surface area contributed by atoms with E-state index in [9.17, 15) is 9.90 Å². The Morgan fingerprint density at radius 2 is 1.81 bits per heavy atom. The second-order valence-corrected chi connectivity index (χ2v) is 8.55. The number of piperidine rings is 1. The third-order valence-electron chi connectivity index (χ3n) is 4.73. The third kappa shape index (κ3) is 2.28. The summed E-state index contributed by atoms with van der Waals surface area (Å²) in [4.78, 5) is 13.8. The van der Waals surface area contributed by atoms with Gasteiger partial charge in [0.15, 0.2) is 0 Å². The molecule has 1 N–H and O–H groups in total. The Bertz CT molecular complexity index is 1100. The molecular weight excluding hydrogens is 370 g/mol.